The molecule has 7 heteroatoms. The molecule has 2 heterocycles. The zero-order valence-corrected chi connectivity index (χ0v) is 11.3. The highest BCUT2D eigenvalue weighted by atomic mass is 19.4. The molecule has 0 aliphatic carbocycles. The third kappa shape index (κ3) is 5.18. The summed E-state index contributed by atoms with van der Waals surface area (Å²) in [6, 6.07) is 6.07. The second kappa shape index (κ2) is 5.82. The molecular formula is C14H16F3NO3. The molecule has 0 radical (unpaired) electrons. The zero-order chi connectivity index (χ0) is 14.9. The van der Waals surface area contributed by atoms with E-state index in [0.717, 1.165) is 31.9 Å². The van der Waals surface area contributed by atoms with Crippen molar-refractivity contribution in [3.8, 4) is 5.75 Å². The minimum absolute atomic E-state index is 0.190. The van der Waals surface area contributed by atoms with Crippen LogP contribution in [0.25, 0.3) is 0 Å². The Morgan fingerprint density at radius 1 is 1.14 bits per heavy atom. The largest absolute Gasteiger partial charge is 0.573 e. The summed E-state index contributed by atoms with van der Waals surface area (Å²) in [7, 11) is 0. The van der Waals surface area contributed by atoms with Crippen LogP contribution in [-0.4, -0.2) is 49.8 Å². The molecule has 116 valence electrons. The topological polar surface area (TPSA) is 37.5 Å². The number of epoxide rings is 2. The molecule has 2 aliphatic rings. The van der Waals surface area contributed by atoms with Crippen molar-refractivity contribution in [3.63, 3.8) is 0 Å². The van der Waals surface area contributed by atoms with Crippen molar-refractivity contribution in [1.82, 2.24) is 4.90 Å². The second-order valence-corrected chi connectivity index (χ2v) is 5.30. The molecule has 0 spiro atoms. The molecule has 0 N–H and O–H groups in total. The molecule has 1 aromatic carbocycles. The average molecular weight is 303 g/mol. The van der Waals surface area contributed by atoms with Crippen molar-refractivity contribution in [2.24, 2.45) is 0 Å². The van der Waals surface area contributed by atoms with Gasteiger partial charge in [0.15, 0.2) is 0 Å². The van der Waals surface area contributed by atoms with Gasteiger partial charge in [-0.15, -0.1) is 13.2 Å². The van der Waals surface area contributed by atoms with Crippen LogP contribution in [-0.2, 0) is 16.0 Å². The van der Waals surface area contributed by atoms with E-state index in [9.17, 15) is 13.2 Å². The first-order valence-corrected chi connectivity index (χ1v) is 6.78. The Kier molecular flexibility index (Phi) is 4.05. The van der Waals surface area contributed by atoms with E-state index in [-0.39, 0.29) is 18.0 Å². The third-order valence-electron chi connectivity index (χ3n) is 3.27. The van der Waals surface area contributed by atoms with Crippen LogP contribution in [0.1, 0.15) is 5.56 Å². The molecule has 2 unspecified atom stereocenters. The van der Waals surface area contributed by atoms with E-state index in [1.807, 2.05) is 0 Å². The number of hydrogen-bond donors (Lipinski definition) is 0. The molecule has 3 rings (SSSR count). The molecule has 4 nitrogen and oxygen atoms in total. The minimum atomic E-state index is -4.66. The molecule has 2 aliphatic heterocycles. The van der Waals surface area contributed by atoms with Gasteiger partial charge in [-0.2, -0.15) is 0 Å². The van der Waals surface area contributed by atoms with E-state index in [0.29, 0.717) is 6.54 Å². The van der Waals surface area contributed by atoms with E-state index in [1.54, 1.807) is 12.1 Å². The summed E-state index contributed by atoms with van der Waals surface area (Å²) < 4.78 is 51.1. The lowest BCUT2D eigenvalue weighted by Crippen LogP contribution is -2.31. The van der Waals surface area contributed by atoms with Crippen LogP contribution in [0.2, 0.25) is 0 Å². The van der Waals surface area contributed by atoms with Crippen LogP contribution >= 0.6 is 0 Å². The Hall–Kier alpha value is -1.31. The van der Waals surface area contributed by atoms with Crippen molar-refractivity contribution < 1.29 is 27.4 Å². The molecule has 2 saturated heterocycles. The van der Waals surface area contributed by atoms with Crippen LogP contribution in [0, 0.1) is 0 Å². The smallest absolute Gasteiger partial charge is 0.406 e. The number of halogens is 3. The van der Waals surface area contributed by atoms with E-state index < -0.39 is 6.36 Å². The Bertz CT molecular complexity index is 473. The van der Waals surface area contributed by atoms with Crippen LogP contribution in [0.15, 0.2) is 24.3 Å². The third-order valence-corrected chi connectivity index (χ3v) is 3.27. The van der Waals surface area contributed by atoms with E-state index in [2.05, 4.69) is 9.64 Å². The van der Waals surface area contributed by atoms with E-state index >= 15 is 0 Å². The Morgan fingerprint density at radius 2 is 1.76 bits per heavy atom. The zero-order valence-electron chi connectivity index (χ0n) is 11.3. The van der Waals surface area contributed by atoms with E-state index in [4.69, 9.17) is 9.47 Å². The predicted molar refractivity (Wildman–Crippen MR) is 67.9 cm³/mol. The number of ether oxygens (including phenoxy) is 3. The van der Waals surface area contributed by atoms with Crippen molar-refractivity contribution in [2.75, 3.05) is 26.3 Å². The maximum absolute atomic E-state index is 12.2. The lowest BCUT2D eigenvalue weighted by atomic mass is 10.2. The van der Waals surface area contributed by atoms with Crippen molar-refractivity contribution in [1.29, 1.82) is 0 Å². The van der Waals surface area contributed by atoms with Gasteiger partial charge >= 0.3 is 6.36 Å². The Morgan fingerprint density at radius 3 is 2.29 bits per heavy atom. The van der Waals surface area contributed by atoms with Gasteiger partial charge in [0, 0.05) is 19.6 Å². The second-order valence-electron chi connectivity index (χ2n) is 5.30. The standard InChI is InChI=1S/C14H16F3NO3/c15-14(16,17)21-11-3-1-2-10(4-11)5-18(6-12-8-19-12)7-13-9-20-13/h1-4,12-13H,5-9H2. The number of nitrogens with zero attached hydrogens (tertiary/aromatic N) is 1. The van der Waals surface area contributed by atoms with Gasteiger partial charge in [-0.3, -0.25) is 4.90 Å². The lowest BCUT2D eigenvalue weighted by molar-refractivity contribution is -0.274. The highest BCUT2D eigenvalue weighted by Gasteiger charge is 2.32. The molecule has 1 aromatic rings. The molecule has 2 fully saturated rings. The van der Waals surface area contributed by atoms with Gasteiger partial charge in [0.05, 0.1) is 25.4 Å². The minimum Gasteiger partial charge on any atom is -0.406 e. The number of benzene rings is 1. The quantitative estimate of drug-likeness (QED) is 0.724. The van der Waals surface area contributed by atoms with Crippen LogP contribution in [0.3, 0.4) is 0 Å². The SMILES string of the molecule is FC(F)(F)Oc1cccc(CN(CC2CO2)CC2CO2)c1. The fourth-order valence-corrected chi connectivity index (χ4v) is 2.23. The highest BCUT2D eigenvalue weighted by Crippen LogP contribution is 2.24. The number of alkyl halides is 3. The van der Waals surface area contributed by atoms with Gasteiger partial charge in [0.25, 0.3) is 0 Å². The number of hydrogen-bond acceptors (Lipinski definition) is 4. The van der Waals surface area contributed by atoms with Gasteiger partial charge in [-0.25, -0.2) is 0 Å². The van der Waals surface area contributed by atoms with Crippen molar-refractivity contribution >= 4 is 0 Å². The van der Waals surface area contributed by atoms with Crippen molar-refractivity contribution in [2.45, 2.75) is 25.1 Å². The number of rotatable bonds is 7. The monoisotopic (exact) mass is 303 g/mol. The first-order chi connectivity index (χ1) is 9.98. The lowest BCUT2D eigenvalue weighted by Gasteiger charge is -2.21. The summed E-state index contributed by atoms with van der Waals surface area (Å²) in [5.74, 6) is -0.190. The van der Waals surface area contributed by atoms with Gasteiger partial charge in [0.1, 0.15) is 5.75 Å². The summed E-state index contributed by atoms with van der Waals surface area (Å²) in [5.41, 5.74) is 0.776. The first-order valence-electron chi connectivity index (χ1n) is 6.78. The van der Waals surface area contributed by atoms with Crippen molar-refractivity contribution in [3.05, 3.63) is 29.8 Å². The van der Waals surface area contributed by atoms with E-state index in [1.165, 1.54) is 12.1 Å². The van der Waals surface area contributed by atoms with Gasteiger partial charge < -0.3 is 14.2 Å². The maximum Gasteiger partial charge on any atom is 0.573 e. The average Bonchev–Trinajstić information content (AvgIpc) is 3.23. The molecule has 0 saturated carbocycles. The van der Waals surface area contributed by atoms with Crippen LogP contribution in [0.5, 0.6) is 5.75 Å². The Labute approximate surface area is 120 Å². The molecular weight excluding hydrogens is 287 g/mol. The molecule has 0 aromatic heterocycles. The Balaban J connectivity index is 1.62. The fraction of sp³-hybridized carbons (Fsp3) is 0.571. The summed E-state index contributed by atoms with van der Waals surface area (Å²) in [5, 5.41) is 0. The summed E-state index contributed by atoms with van der Waals surface area (Å²) >= 11 is 0. The maximum atomic E-state index is 12.2. The summed E-state index contributed by atoms with van der Waals surface area (Å²) in [6.45, 7) is 3.59. The molecule has 0 bridgehead atoms. The van der Waals surface area contributed by atoms with Gasteiger partial charge in [0.2, 0.25) is 0 Å². The molecule has 21 heavy (non-hydrogen) atoms. The van der Waals surface area contributed by atoms with Gasteiger partial charge in [-0.1, -0.05) is 12.1 Å². The highest BCUT2D eigenvalue weighted by molar-refractivity contribution is 5.28. The fourth-order valence-electron chi connectivity index (χ4n) is 2.23. The van der Waals surface area contributed by atoms with Gasteiger partial charge in [-0.05, 0) is 17.7 Å². The van der Waals surface area contributed by atoms with Crippen LogP contribution in [0.4, 0.5) is 13.2 Å². The predicted octanol–water partition coefficient (Wildman–Crippen LogP) is 2.18. The first kappa shape index (κ1) is 14.6. The normalized spacial score (nSPS) is 24.2. The molecule has 2 atom stereocenters. The molecule has 0 amide bonds. The summed E-state index contributed by atoms with van der Waals surface area (Å²) in [6.07, 6.45) is -4.20. The summed E-state index contributed by atoms with van der Waals surface area (Å²) in [4.78, 5) is 2.14. The van der Waals surface area contributed by atoms with Crippen LogP contribution < -0.4 is 4.74 Å².